The highest BCUT2D eigenvalue weighted by Gasteiger charge is 2.42. The summed E-state index contributed by atoms with van der Waals surface area (Å²) in [4.78, 5) is 13.4. The lowest BCUT2D eigenvalue weighted by atomic mass is 9.75. The van der Waals surface area contributed by atoms with Gasteiger partial charge in [-0.2, -0.15) is 13.2 Å². The maximum atomic E-state index is 14.0. The summed E-state index contributed by atoms with van der Waals surface area (Å²) in [5.41, 5.74) is -0.144. The number of aryl methyl sites for hydroxylation is 1. The maximum absolute atomic E-state index is 14.0. The zero-order valence-electron chi connectivity index (χ0n) is 20.1. The molecule has 0 bridgehead atoms. The smallest absolute Gasteiger partial charge is 0.393 e. The van der Waals surface area contributed by atoms with Gasteiger partial charge in [-0.15, -0.1) is 10.2 Å². The van der Waals surface area contributed by atoms with Crippen LogP contribution >= 0.6 is 0 Å². The molecule has 1 aromatic carbocycles. The molecule has 1 N–H and O–H groups in total. The van der Waals surface area contributed by atoms with E-state index in [0.29, 0.717) is 50.1 Å². The summed E-state index contributed by atoms with van der Waals surface area (Å²) >= 11 is 0. The number of imidazole rings is 1. The number of benzene rings is 1. The first-order valence-electron chi connectivity index (χ1n) is 12.2. The Balaban J connectivity index is 1.41. The number of aliphatic hydroxyl groups excluding tert-OH is 1. The Labute approximate surface area is 209 Å². The fourth-order valence-electron chi connectivity index (χ4n) is 5.44. The Morgan fingerprint density at radius 3 is 2.59 bits per heavy atom. The molecule has 0 unspecified atom stereocenters. The average molecular weight is 514 g/mol. The van der Waals surface area contributed by atoms with Crippen molar-refractivity contribution < 1.29 is 23.0 Å². The van der Waals surface area contributed by atoms with Crippen LogP contribution in [-0.4, -0.2) is 48.2 Å². The van der Waals surface area contributed by atoms with Gasteiger partial charge in [0.1, 0.15) is 12.2 Å². The van der Waals surface area contributed by atoms with Gasteiger partial charge in [0.05, 0.1) is 36.1 Å². The monoisotopic (exact) mass is 513 g/mol. The van der Waals surface area contributed by atoms with Crippen LogP contribution in [0.4, 0.5) is 13.2 Å². The highest BCUT2D eigenvalue weighted by Crippen LogP contribution is 2.38. The molecule has 1 saturated carbocycles. The lowest BCUT2D eigenvalue weighted by molar-refractivity contribution is -0.136. The Kier molecular flexibility index (Phi) is 5.53. The van der Waals surface area contributed by atoms with Gasteiger partial charge in [0.15, 0.2) is 0 Å². The number of alkyl halides is 3. The summed E-state index contributed by atoms with van der Waals surface area (Å²) in [6.07, 6.45) is 1.44. The molecule has 1 saturated heterocycles. The molecule has 2 aliphatic rings. The minimum atomic E-state index is -4.62. The van der Waals surface area contributed by atoms with Crippen molar-refractivity contribution in [2.24, 2.45) is 13.0 Å². The van der Waals surface area contributed by atoms with Gasteiger partial charge >= 0.3 is 11.9 Å². The summed E-state index contributed by atoms with van der Waals surface area (Å²) in [5, 5.41) is 17.7. The van der Waals surface area contributed by atoms with Gasteiger partial charge < -0.3 is 14.4 Å². The number of fused-ring (bicyclic) bond motifs is 1. The van der Waals surface area contributed by atoms with Crippen LogP contribution in [0, 0.1) is 5.92 Å². The van der Waals surface area contributed by atoms with E-state index in [4.69, 9.17) is 4.74 Å². The predicted octanol–water partition coefficient (Wildman–Crippen LogP) is 3.06. The highest BCUT2D eigenvalue weighted by molar-refractivity contribution is 5.58. The molecule has 0 amide bonds. The van der Waals surface area contributed by atoms with Crippen LogP contribution in [0.2, 0.25) is 0 Å². The minimum absolute atomic E-state index is 0.109. The lowest BCUT2D eigenvalue weighted by Gasteiger charge is -2.41. The van der Waals surface area contributed by atoms with E-state index in [9.17, 15) is 23.1 Å². The molecule has 3 aromatic heterocycles. The number of hydrogen-bond acceptors (Lipinski definition) is 5. The molecule has 1 aliphatic heterocycles. The van der Waals surface area contributed by atoms with Crippen LogP contribution in [0.3, 0.4) is 0 Å². The molecular weight excluding hydrogens is 487 g/mol. The second-order valence-corrected chi connectivity index (χ2v) is 10.4. The first kappa shape index (κ1) is 23.9. The Morgan fingerprint density at radius 1 is 1.19 bits per heavy atom. The topological polar surface area (TPSA) is 86.6 Å². The van der Waals surface area contributed by atoms with Crippen LogP contribution in [0.25, 0.3) is 11.2 Å². The molecule has 0 radical (unpaired) electrons. The van der Waals surface area contributed by atoms with Gasteiger partial charge in [0.25, 0.3) is 0 Å². The third-order valence-electron chi connectivity index (χ3n) is 7.66. The number of aromatic nitrogens is 5. The van der Waals surface area contributed by atoms with Crippen molar-refractivity contribution in [1.82, 2.24) is 23.7 Å². The van der Waals surface area contributed by atoms with E-state index in [1.54, 1.807) is 18.5 Å². The van der Waals surface area contributed by atoms with Gasteiger partial charge in [-0.05, 0) is 54.5 Å². The number of halogens is 3. The van der Waals surface area contributed by atoms with E-state index in [1.807, 2.05) is 23.7 Å². The number of hydrogen-bond donors (Lipinski definition) is 1. The van der Waals surface area contributed by atoms with Crippen molar-refractivity contribution in [3.05, 3.63) is 82.1 Å². The normalized spacial score (nSPS) is 21.1. The van der Waals surface area contributed by atoms with Gasteiger partial charge in [-0.25, -0.2) is 4.79 Å². The molecule has 11 heteroatoms. The molecule has 0 atom stereocenters. The summed E-state index contributed by atoms with van der Waals surface area (Å²) in [6.45, 7) is 0.931. The van der Waals surface area contributed by atoms with Crippen LogP contribution in [-0.2, 0) is 36.2 Å². The second-order valence-electron chi connectivity index (χ2n) is 10.4. The second kappa shape index (κ2) is 8.56. The summed E-state index contributed by atoms with van der Waals surface area (Å²) in [5.74, 6) is 0.902. The molecule has 2 fully saturated rings. The predicted molar refractivity (Wildman–Crippen MR) is 128 cm³/mol. The van der Waals surface area contributed by atoms with Gasteiger partial charge in [-0.3, -0.25) is 8.97 Å². The number of rotatable bonds is 6. The minimum Gasteiger partial charge on any atom is -0.393 e. The number of ether oxygens (including phenoxy) is 1. The zero-order valence-corrected chi connectivity index (χ0v) is 20.1. The number of pyridine rings is 1. The first-order chi connectivity index (χ1) is 17.6. The van der Waals surface area contributed by atoms with Crippen molar-refractivity contribution >= 4 is 5.52 Å². The molecular formula is C26H26F3N5O3. The molecule has 4 heterocycles. The Hall–Kier alpha value is -3.44. The van der Waals surface area contributed by atoms with Gasteiger partial charge in [0.2, 0.25) is 0 Å². The standard InChI is InChI=1S/C26H26F3N5O3/c1-32-15-30-31-23(32)10-25(13-37-14-25)18-3-2-4-19(9-18)33-12-22-21(26(27,28)29)8-17(11-34(22)24(33)36)5-16-6-20(35)7-16/h2-4,8-9,11-12,15-16,20,35H,5-7,10,13-14H2,1H3. The first-order valence-corrected chi connectivity index (χ1v) is 12.2. The van der Waals surface area contributed by atoms with E-state index in [-0.39, 0.29) is 16.8 Å². The van der Waals surface area contributed by atoms with E-state index < -0.39 is 23.5 Å². The molecule has 4 aromatic rings. The van der Waals surface area contributed by atoms with Crippen molar-refractivity contribution in [1.29, 1.82) is 0 Å². The molecule has 37 heavy (non-hydrogen) atoms. The van der Waals surface area contributed by atoms with Gasteiger partial charge in [0, 0.05) is 31.3 Å². The third kappa shape index (κ3) is 4.15. The molecule has 194 valence electrons. The van der Waals surface area contributed by atoms with Crippen molar-refractivity contribution in [3.63, 3.8) is 0 Å². The van der Waals surface area contributed by atoms with E-state index in [0.717, 1.165) is 21.9 Å². The van der Waals surface area contributed by atoms with E-state index in [1.165, 1.54) is 17.0 Å². The fourth-order valence-corrected chi connectivity index (χ4v) is 5.44. The van der Waals surface area contributed by atoms with E-state index in [2.05, 4.69) is 10.2 Å². The largest absolute Gasteiger partial charge is 0.418 e. The highest BCUT2D eigenvalue weighted by atomic mass is 19.4. The zero-order chi connectivity index (χ0) is 25.9. The van der Waals surface area contributed by atoms with Crippen LogP contribution in [0.15, 0.2) is 53.8 Å². The van der Waals surface area contributed by atoms with Crippen LogP contribution < -0.4 is 5.69 Å². The average Bonchev–Trinajstić information content (AvgIpc) is 3.36. The fraction of sp³-hybridized carbons (Fsp3) is 0.423. The Morgan fingerprint density at radius 2 is 1.97 bits per heavy atom. The van der Waals surface area contributed by atoms with E-state index >= 15 is 0 Å². The lowest BCUT2D eigenvalue weighted by Crippen LogP contribution is -2.49. The van der Waals surface area contributed by atoms with Gasteiger partial charge in [-0.1, -0.05) is 12.1 Å². The van der Waals surface area contributed by atoms with Crippen molar-refractivity contribution in [3.8, 4) is 5.69 Å². The summed E-state index contributed by atoms with van der Waals surface area (Å²) in [6, 6.07) is 8.42. The molecule has 8 nitrogen and oxygen atoms in total. The van der Waals surface area contributed by atoms with Crippen LogP contribution in [0.5, 0.6) is 0 Å². The van der Waals surface area contributed by atoms with Crippen molar-refractivity contribution in [2.75, 3.05) is 13.2 Å². The SMILES string of the molecule is Cn1cnnc1CC1(c2cccc(-n3cc4c(C(F)(F)F)cc(CC5CC(O)C5)cn4c3=O)c2)COC1. The molecule has 1 aliphatic carbocycles. The Bertz CT molecular complexity index is 1530. The summed E-state index contributed by atoms with van der Waals surface area (Å²) in [7, 11) is 1.87. The number of nitrogens with zero attached hydrogens (tertiary/aromatic N) is 5. The quantitative estimate of drug-likeness (QED) is 0.428. The number of aliphatic hydroxyl groups is 1. The summed E-state index contributed by atoms with van der Waals surface area (Å²) < 4.78 is 51.8. The molecule has 0 spiro atoms. The maximum Gasteiger partial charge on any atom is 0.418 e. The van der Waals surface area contributed by atoms with Crippen LogP contribution in [0.1, 0.15) is 35.4 Å². The van der Waals surface area contributed by atoms with Crippen molar-refractivity contribution in [2.45, 2.75) is 43.4 Å². The molecule has 6 rings (SSSR count). The third-order valence-corrected chi connectivity index (χ3v) is 7.66.